The third kappa shape index (κ3) is 5.33. The quantitative estimate of drug-likeness (QED) is 0.790. The molecule has 0 aliphatic heterocycles. The molecule has 3 nitrogen and oxygen atoms in total. The first kappa shape index (κ1) is 16.7. The Morgan fingerprint density at radius 3 is 2.25 bits per heavy atom. The molecule has 1 rings (SSSR count). The molecule has 20 heavy (non-hydrogen) atoms. The standard InChI is InChI=1S/C17H28N2O/c1-5-19(6-2)16(15-10-8-7-9-11-15)13-18-17(20)12-14(3)4/h7-11,14,16H,5-6,12-13H2,1-4H3,(H,18,20)/t16-/m1/s1. The van der Waals surface area contributed by atoms with E-state index in [1.54, 1.807) is 0 Å². The molecule has 0 saturated heterocycles. The maximum absolute atomic E-state index is 11.9. The summed E-state index contributed by atoms with van der Waals surface area (Å²) in [5.41, 5.74) is 1.26. The third-order valence-electron chi connectivity index (χ3n) is 3.52. The zero-order valence-electron chi connectivity index (χ0n) is 13.2. The van der Waals surface area contributed by atoms with Gasteiger partial charge in [-0.15, -0.1) is 0 Å². The highest BCUT2D eigenvalue weighted by Gasteiger charge is 2.18. The first-order valence-corrected chi connectivity index (χ1v) is 7.64. The van der Waals surface area contributed by atoms with Gasteiger partial charge in [0.15, 0.2) is 0 Å². The summed E-state index contributed by atoms with van der Waals surface area (Å²) in [5.74, 6) is 0.548. The van der Waals surface area contributed by atoms with Gasteiger partial charge in [-0.1, -0.05) is 58.0 Å². The molecule has 1 aromatic rings. The highest BCUT2D eigenvalue weighted by molar-refractivity contribution is 5.76. The van der Waals surface area contributed by atoms with E-state index in [9.17, 15) is 4.79 Å². The summed E-state index contributed by atoms with van der Waals surface area (Å²) in [7, 11) is 0. The number of benzene rings is 1. The first-order chi connectivity index (χ1) is 9.58. The molecule has 3 heteroatoms. The molecule has 1 amide bonds. The van der Waals surface area contributed by atoms with Crippen molar-refractivity contribution in [1.82, 2.24) is 10.2 Å². The minimum atomic E-state index is 0.146. The van der Waals surface area contributed by atoms with E-state index in [1.165, 1.54) is 5.56 Å². The van der Waals surface area contributed by atoms with E-state index in [2.05, 4.69) is 62.2 Å². The van der Waals surface area contributed by atoms with E-state index in [-0.39, 0.29) is 11.9 Å². The fraction of sp³-hybridized carbons (Fsp3) is 0.588. The Hall–Kier alpha value is -1.35. The van der Waals surface area contributed by atoms with Crippen LogP contribution >= 0.6 is 0 Å². The second kappa shape index (κ2) is 8.75. The molecule has 0 bridgehead atoms. The van der Waals surface area contributed by atoms with Crippen molar-refractivity contribution in [1.29, 1.82) is 0 Å². The number of carbonyl (C=O) groups excluding carboxylic acids is 1. The van der Waals surface area contributed by atoms with Crippen LogP contribution in [-0.4, -0.2) is 30.4 Å². The topological polar surface area (TPSA) is 32.3 Å². The minimum Gasteiger partial charge on any atom is -0.354 e. The second-order valence-electron chi connectivity index (χ2n) is 5.55. The van der Waals surface area contributed by atoms with Gasteiger partial charge >= 0.3 is 0 Å². The molecule has 1 N–H and O–H groups in total. The largest absolute Gasteiger partial charge is 0.354 e. The van der Waals surface area contributed by atoms with Crippen LogP contribution in [0.2, 0.25) is 0 Å². The van der Waals surface area contributed by atoms with Gasteiger partial charge in [0.2, 0.25) is 5.91 Å². The predicted molar refractivity (Wildman–Crippen MR) is 84.6 cm³/mol. The highest BCUT2D eigenvalue weighted by atomic mass is 16.1. The van der Waals surface area contributed by atoms with Crippen LogP contribution in [0.1, 0.15) is 45.7 Å². The molecule has 1 atom stereocenters. The summed E-state index contributed by atoms with van der Waals surface area (Å²) in [6.45, 7) is 11.1. The number of likely N-dealkylation sites (N-methyl/N-ethyl adjacent to an activating group) is 1. The predicted octanol–water partition coefficient (Wildman–Crippen LogP) is 3.23. The van der Waals surface area contributed by atoms with E-state index < -0.39 is 0 Å². The van der Waals surface area contributed by atoms with E-state index in [0.717, 1.165) is 13.1 Å². The fourth-order valence-electron chi connectivity index (χ4n) is 2.45. The molecule has 0 fully saturated rings. The van der Waals surface area contributed by atoms with Crippen molar-refractivity contribution in [3.63, 3.8) is 0 Å². The molecule has 0 heterocycles. The van der Waals surface area contributed by atoms with Gasteiger partial charge in [-0.3, -0.25) is 9.69 Å². The molecule has 0 saturated carbocycles. The zero-order chi connectivity index (χ0) is 15.0. The van der Waals surface area contributed by atoms with Crippen LogP contribution in [0, 0.1) is 5.92 Å². The van der Waals surface area contributed by atoms with Gasteiger partial charge in [0, 0.05) is 13.0 Å². The number of nitrogens with one attached hydrogen (secondary N) is 1. The smallest absolute Gasteiger partial charge is 0.220 e. The lowest BCUT2D eigenvalue weighted by molar-refractivity contribution is -0.122. The third-order valence-corrected chi connectivity index (χ3v) is 3.52. The van der Waals surface area contributed by atoms with Crippen molar-refractivity contribution >= 4 is 5.91 Å². The van der Waals surface area contributed by atoms with Crippen molar-refractivity contribution in [3.05, 3.63) is 35.9 Å². The molecule has 0 aliphatic carbocycles. The summed E-state index contributed by atoms with van der Waals surface area (Å²) in [6, 6.07) is 10.7. The Balaban J connectivity index is 2.71. The maximum Gasteiger partial charge on any atom is 0.220 e. The summed E-state index contributed by atoms with van der Waals surface area (Å²) < 4.78 is 0. The number of hydrogen-bond donors (Lipinski definition) is 1. The Morgan fingerprint density at radius 1 is 1.15 bits per heavy atom. The lowest BCUT2D eigenvalue weighted by Gasteiger charge is -2.30. The summed E-state index contributed by atoms with van der Waals surface area (Å²) in [5, 5.41) is 3.08. The number of rotatable bonds is 8. The Kier molecular flexibility index (Phi) is 7.31. The molecular weight excluding hydrogens is 248 g/mol. The van der Waals surface area contributed by atoms with Gasteiger partial charge in [0.1, 0.15) is 0 Å². The lowest BCUT2D eigenvalue weighted by atomic mass is 10.0. The monoisotopic (exact) mass is 276 g/mol. The maximum atomic E-state index is 11.9. The number of nitrogens with zero attached hydrogens (tertiary/aromatic N) is 1. The number of carbonyl (C=O) groups is 1. The van der Waals surface area contributed by atoms with Gasteiger partial charge in [0.05, 0.1) is 6.04 Å². The number of hydrogen-bond acceptors (Lipinski definition) is 2. The average molecular weight is 276 g/mol. The zero-order valence-corrected chi connectivity index (χ0v) is 13.2. The Bertz CT molecular complexity index is 385. The van der Waals surface area contributed by atoms with E-state index >= 15 is 0 Å². The van der Waals surface area contributed by atoms with Crippen molar-refractivity contribution in [2.24, 2.45) is 5.92 Å². The van der Waals surface area contributed by atoms with E-state index in [1.807, 2.05) is 6.07 Å². The van der Waals surface area contributed by atoms with Crippen molar-refractivity contribution in [2.75, 3.05) is 19.6 Å². The molecule has 0 aromatic heterocycles. The molecular formula is C17H28N2O. The number of amides is 1. The Labute approximate surface area is 123 Å². The molecule has 0 spiro atoms. The van der Waals surface area contributed by atoms with Gasteiger partial charge in [0.25, 0.3) is 0 Å². The second-order valence-corrected chi connectivity index (χ2v) is 5.55. The molecule has 0 aliphatic rings. The molecule has 112 valence electrons. The van der Waals surface area contributed by atoms with Gasteiger partial charge < -0.3 is 5.32 Å². The first-order valence-electron chi connectivity index (χ1n) is 7.64. The van der Waals surface area contributed by atoms with Crippen LogP contribution in [0.25, 0.3) is 0 Å². The minimum absolute atomic E-state index is 0.146. The van der Waals surface area contributed by atoms with Crippen LogP contribution in [0.4, 0.5) is 0 Å². The van der Waals surface area contributed by atoms with Crippen molar-refractivity contribution in [3.8, 4) is 0 Å². The van der Waals surface area contributed by atoms with Crippen LogP contribution in [0.5, 0.6) is 0 Å². The summed E-state index contributed by atoms with van der Waals surface area (Å²) in [6.07, 6.45) is 0.597. The van der Waals surface area contributed by atoms with E-state index in [4.69, 9.17) is 0 Å². The summed E-state index contributed by atoms with van der Waals surface area (Å²) >= 11 is 0. The van der Waals surface area contributed by atoms with Crippen LogP contribution in [-0.2, 0) is 4.79 Å². The molecule has 0 unspecified atom stereocenters. The van der Waals surface area contributed by atoms with Gasteiger partial charge in [-0.2, -0.15) is 0 Å². The summed E-state index contributed by atoms with van der Waals surface area (Å²) in [4.78, 5) is 14.2. The normalized spacial score (nSPS) is 12.7. The average Bonchev–Trinajstić information content (AvgIpc) is 2.43. The molecule has 1 aromatic carbocycles. The van der Waals surface area contributed by atoms with Crippen LogP contribution in [0.15, 0.2) is 30.3 Å². The van der Waals surface area contributed by atoms with Crippen molar-refractivity contribution in [2.45, 2.75) is 40.2 Å². The van der Waals surface area contributed by atoms with Crippen LogP contribution < -0.4 is 5.32 Å². The van der Waals surface area contributed by atoms with Gasteiger partial charge in [-0.05, 0) is 24.6 Å². The van der Waals surface area contributed by atoms with E-state index in [0.29, 0.717) is 18.9 Å². The fourth-order valence-corrected chi connectivity index (χ4v) is 2.45. The lowest BCUT2D eigenvalue weighted by Crippen LogP contribution is -2.38. The SMILES string of the molecule is CCN(CC)[C@H](CNC(=O)CC(C)C)c1ccccc1. The van der Waals surface area contributed by atoms with Crippen LogP contribution in [0.3, 0.4) is 0 Å². The Morgan fingerprint density at radius 2 is 1.75 bits per heavy atom. The highest BCUT2D eigenvalue weighted by Crippen LogP contribution is 2.19. The molecule has 0 radical (unpaired) electrons. The van der Waals surface area contributed by atoms with Gasteiger partial charge in [-0.25, -0.2) is 0 Å². The van der Waals surface area contributed by atoms with Crippen molar-refractivity contribution < 1.29 is 4.79 Å².